The van der Waals surface area contributed by atoms with Crippen molar-refractivity contribution in [3.63, 3.8) is 0 Å². The fourth-order valence-corrected chi connectivity index (χ4v) is 1.94. The lowest BCUT2D eigenvalue weighted by Crippen LogP contribution is -2.37. The van der Waals surface area contributed by atoms with E-state index >= 15 is 0 Å². The summed E-state index contributed by atoms with van der Waals surface area (Å²) in [5.74, 6) is -0.874. The maximum Gasteiger partial charge on any atom is 0.251 e. The van der Waals surface area contributed by atoms with Crippen LogP contribution in [0.2, 0.25) is 0 Å². The Bertz CT molecular complexity index is 586. The van der Waals surface area contributed by atoms with Crippen molar-refractivity contribution in [2.75, 3.05) is 0 Å². The molecule has 2 aromatic carbocycles. The van der Waals surface area contributed by atoms with Crippen LogP contribution in [0.3, 0.4) is 0 Å². The summed E-state index contributed by atoms with van der Waals surface area (Å²) in [4.78, 5) is 12.0. The number of benzene rings is 2. The van der Waals surface area contributed by atoms with Crippen LogP contribution in [0.4, 0.5) is 4.39 Å². The molecule has 2 rings (SSSR count). The maximum absolute atomic E-state index is 13.1. The molecule has 0 heterocycles. The van der Waals surface area contributed by atoms with E-state index in [2.05, 4.69) is 5.32 Å². The summed E-state index contributed by atoms with van der Waals surface area (Å²) in [6.45, 7) is 1.70. The number of carbonyl (C=O) groups is 1. The van der Waals surface area contributed by atoms with Crippen LogP contribution in [0, 0.1) is 5.82 Å². The number of aliphatic hydroxyl groups is 1. The summed E-state index contributed by atoms with van der Waals surface area (Å²) < 4.78 is 13.1. The third kappa shape index (κ3) is 3.42. The van der Waals surface area contributed by atoms with Crippen LogP contribution < -0.4 is 5.32 Å². The molecule has 0 saturated heterocycles. The predicted molar refractivity (Wildman–Crippen MR) is 74.7 cm³/mol. The number of amides is 1. The first-order valence-electron chi connectivity index (χ1n) is 6.37. The van der Waals surface area contributed by atoms with Crippen LogP contribution in [-0.4, -0.2) is 17.1 Å². The van der Waals surface area contributed by atoms with Crippen molar-refractivity contribution in [1.29, 1.82) is 0 Å². The molecule has 0 aliphatic rings. The van der Waals surface area contributed by atoms with Gasteiger partial charge < -0.3 is 10.4 Å². The second-order valence-electron chi connectivity index (χ2n) is 4.63. The zero-order valence-electron chi connectivity index (χ0n) is 11.1. The highest BCUT2D eigenvalue weighted by Gasteiger charge is 2.18. The highest BCUT2D eigenvalue weighted by atomic mass is 19.1. The molecule has 2 aromatic rings. The fraction of sp³-hybridized carbons (Fsp3) is 0.188. The molecule has 0 bridgehead atoms. The molecule has 4 heteroatoms. The second kappa shape index (κ2) is 6.30. The summed E-state index contributed by atoms with van der Waals surface area (Å²) in [7, 11) is 0. The first-order chi connectivity index (χ1) is 9.58. The van der Waals surface area contributed by atoms with E-state index in [4.69, 9.17) is 0 Å². The van der Waals surface area contributed by atoms with Gasteiger partial charge in [0.1, 0.15) is 5.82 Å². The lowest BCUT2D eigenvalue weighted by Gasteiger charge is -2.20. The average molecular weight is 273 g/mol. The number of carbonyl (C=O) groups excluding carboxylic acids is 1. The van der Waals surface area contributed by atoms with Gasteiger partial charge in [-0.2, -0.15) is 0 Å². The van der Waals surface area contributed by atoms with Crippen LogP contribution in [0.1, 0.15) is 28.9 Å². The Balaban J connectivity index is 2.04. The van der Waals surface area contributed by atoms with E-state index in [9.17, 15) is 14.3 Å². The van der Waals surface area contributed by atoms with Crippen LogP contribution in [0.25, 0.3) is 0 Å². The summed E-state index contributed by atoms with van der Waals surface area (Å²) >= 11 is 0. The minimum Gasteiger partial charge on any atom is -0.386 e. The zero-order chi connectivity index (χ0) is 14.5. The fourth-order valence-electron chi connectivity index (χ4n) is 1.94. The molecule has 0 aliphatic carbocycles. The van der Waals surface area contributed by atoms with E-state index in [1.54, 1.807) is 19.1 Å². The van der Waals surface area contributed by atoms with Crippen molar-refractivity contribution >= 4 is 5.91 Å². The third-order valence-electron chi connectivity index (χ3n) is 3.06. The molecule has 0 unspecified atom stereocenters. The van der Waals surface area contributed by atoms with E-state index < -0.39 is 23.9 Å². The summed E-state index contributed by atoms with van der Waals surface area (Å²) in [6.07, 6.45) is -0.811. The molecular weight excluding hydrogens is 257 g/mol. The zero-order valence-corrected chi connectivity index (χ0v) is 11.1. The average Bonchev–Trinajstić information content (AvgIpc) is 2.47. The smallest absolute Gasteiger partial charge is 0.251 e. The number of aliphatic hydroxyl groups excluding tert-OH is 1. The van der Waals surface area contributed by atoms with Gasteiger partial charge in [0.25, 0.3) is 5.91 Å². The summed E-state index contributed by atoms with van der Waals surface area (Å²) in [5, 5.41) is 12.8. The monoisotopic (exact) mass is 273 g/mol. The second-order valence-corrected chi connectivity index (χ2v) is 4.63. The largest absolute Gasteiger partial charge is 0.386 e. The van der Waals surface area contributed by atoms with Crippen molar-refractivity contribution in [2.24, 2.45) is 0 Å². The molecule has 0 fully saturated rings. The molecule has 0 radical (unpaired) electrons. The van der Waals surface area contributed by atoms with Crippen molar-refractivity contribution in [1.82, 2.24) is 5.32 Å². The minimum atomic E-state index is -0.811. The Kier molecular flexibility index (Phi) is 4.48. The minimum absolute atomic E-state index is 0.233. The van der Waals surface area contributed by atoms with Gasteiger partial charge in [-0.25, -0.2) is 4.39 Å². The Morgan fingerprint density at radius 2 is 1.85 bits per heavy atom. The molecule has 2 N–H and O–H groups in total. The predicted octanol–water partition coefficient (Wildman–Crippen LogP) is 2.68. The van der Waals surface area contributed by atoms with Gasteiger partial charge in [-0.3, -0.25) is 4.79 Å². The van der Waals surface area contributed by atoms with Gasteiger partial charge in [-0.15, -0.1) is 0 Å². The number of nitrogens with one attached hydrogen (secondary N) is 1. The van der Waals surface area contributed by atoms with Crippen LogP contribution in [-0.2, 0) is 0 Å². The highest BCUT2D eigenvalue weighted by molar-refractivity contribution is 5.94. The summed E-state index contributed by atoms with van der Waals surface area (Å²) in [6, 6.07) is 14.0. The number of rotatable bonds is 4. The van der Waals surface area contributed by atoms with Gasteiger partial charge in [-0.1, -0.05) is 36.4 Å². The SMILES string of the molecule is C[C@@H](NC(=O)c1cccc(F)c1)[C@H](O)c1ccccc1. The number of hydrogen-bond acceptors (Lipinski definition) is 2. The van der Waals surface area contributed by atoms with Crippen molar-refractivity contribution in [2.45, 2.75) is 19.1 Å². The first kappa shape index (κ1) is 14.2. The summed E-state index contributed by atoms with van der Waals surface area (Å²) in [5.41, 5.74) is 0.955. The van der Waals surface area contributed by atoms with Gasteiger partial charge >= 0.3 is 0 Å². The first-order valence-corrected chi connectivity index (χ1v) is 6.37. The maximum atomic E-state index is 13.1. The molecular formula is C16H16FNO2. The molecule has 2 atom stereocenters. The van der Waals surface area contributed by atoms with Crippen molar-refractivity contribution < 1.29 is 14.3 Å². The molecule has 3 nitrogen and oxygen atoms in total. The van der Waals surface area contributed by atoms with Crippen LogP contribution in [0.15, 0.2) is 54.6 Å². The van der Waals surface area contributed by atoms with Gasteiger partial charge in [0, 0.05) is 5.56 Å². The number of halogens is 1. The lowest BCUT2D eigenvalue weighted by molar-refractivity contribution is 0.0851. The highest BCUT2D eigenvalue weighted by Crippen LogP contribution is 2.16. The number of hydrogen-bond donors (Lipinski definition) is 2. The third-order valence-corrected chi connectivity index (χ3v) is 3.06. The van der Waals surface area contributed by atoms with Crippen LogP contribution in [0.5, 0.6) is 0 Å². The van der Waals surface area contributed by atoms with E-state index in [1.165, 1.54) is 18.2 Å². The van der Waals surface area contributed by atoms with Crippen molar-refractivity contribution in [3.8, 4) is 0 Å². The van der Waals surface area contributed by atoms with E-state index in [0.29, 0.717) is 0 Å². The lowest BCUT2D eigenvalue weighted by atomic mass is 10.0. The van der Waals surface area contributed by atoms with E-state index in [0.717, 1.165) is 11.6 Å². The Morgan fingerprint density at radius 3 is 2.50 bits per heavy atom. The molecule has 1 amide bonds. The molecule has 104 valence electrons. The Hall–Kier alpha value is -2.20. The normalized spacial score (nSPS) is 13.6. The van der Waals surface area contributed by atoms with Gasteiger partial charge in [0.2, 0.25) is 0 Å². The van der Waals surface area contributed by atoms with Gasteiger partial charge in [0.05, 0.1) is 12.1 Å². The standard InChI is InChI=1S/C16H16FNO2/c1-11(15(19)12-6-3-2-4-7-12)18-16(20)13-8-5-9-14(17)10-13/h2-11,15,19H,1H3,(H,18,20)/t11-,15+/m1/s1. The molecule has 0 saturated carbocycles. The van der Waals surface area contributed by atoms with E-state index in [-0.39, 0.29) is 5.56 Å². The topological polar surface area (TPSA) is 49.3 Å². The van der Waals surface area contributed by atoms with Crippen LogP contribution >= 0.6 is 0 Å². The quantitative estimate of drug-likeness (QED) is 0.899. The van der Waals surface area contributed by atoms with E-state index in [1.807, 2.05) is 18.2 Å². The van der Waals surface area contributed by atoms with Crippen molar-refractivity contribution in [3.05, 3.63) is 71.5 Å². The molecule has 0 aromatic heterocycles. The Morgan fingerprint density at radius 1 is 1.15 bits per heavy atom. The molecule has 20 heavy (non-hydrogen) atoms. The Labute approximate surface area is 117 Å². The molecule has 0 spiro atoms. The van der Waals surface area contributed by atoms with Gasteiger partial charge in [0.15, 0.2) is 0 Å². The molecule has 0 aliphatic heterocycles. The van der Waals surface area contributed by atoms with Gasteiger partial charge in [-0.05, 0) is 30.7 Å².